The SMILES string of the molecule is CC(=O)[C@H]1C(=O)Oc2ccc(Br)cc2[C@H]1[C@@H](C)C(=O)c1ccc(Br)cc1. The van der Waals surface area contributed by atoms with E-state index in [1.54, 1.807) is 43.3 Å². The highest BCUT2D eigenvalue weighted by atomic mass is 79.9. The summed E-state index contributed by atoms with van der Waals surface area (Å²) in [6.07, 6.45) is 0. The molecule has 0 aliphatic carbocycles. The number of hydrogen-bond acceptors (Lipinski definition) is 4. The van der Waals surface area contributed by atoms with Gasteiger partial charge in [-0.2, -0.15) is 0 Å². The summed E-state index contributed by atoms with van der Waals surface area (Å²) in [5.41, 5.74) is 1.23. The Morgan fingerprint density at radius 2 is 1.65 bits per heavy atom. The lowest BCUT2D eigenvalue weighted by Gasteiger charge is -2.34. The second-order valence-corrected chi connectivity index (χ2v) is 8.21. The van der Waals surface area contributed by atoms with Gasteiger partial charge in [0.05, 0.1) is 0 Å². The van der Waals surface area contributed by atoms with Crippen LogP contribution in [-0.4, -0.2) is 17.5 Å². The maximum atomic E-state index is 13.0. The Labute approximate surface area is 168 Å². The number of carbonyl (C=O) groups is 3. The smallest absolute Gasteiger partial charge is 0.322 e. The molecule has 26 heavy (non-hydrogen) atoms. The third kappa shape index (κ3) is 3.53. The fourth-order valence-electron chi connectivity index (χ4n) is 3.39. The molecule has 1 aliphatic heterocycles. The number of esters is 1. The summed E-state index contributed by atoms with van der Waals surface area (Å²) in [4.78, 5) is 37.7. The lowest BCUT2D eigenvalue weighted by atomic mass is 9.72. The van der Waals surface area contributed by atoms with Crippen molar-refractivity contribution >= 4 is 49.4 Å². The summed E-state index contributed by atoms with van der Waals surface area (Å²) in [5, 5.41) is 0. The molecule has 0 saturated heterocycles. The number of rotatable bonds is 4. The van der Waals surface area contributed by atoms with Gasteiger partial charge < -0.3 is 4.74 Å². The van der Waals surface area contributed by atoms with Gasteiger partial charge in [-0.25, -0.2) is 0 Å². The van der Waals surface area contributed by atoms with Crippen molar-refractivity contribution in [2.75, 3.05) is 0 Å². The van der Waals surface area contributed by atoms with E-state index in [0.29, 0.717) is 16.9 Å². The summed E-state index contributed by atoms with van der Waals surface area (Å²) in [6.45, 7) is 3.12. The second-order valence-electron chi connectivity index (χ2n) is 6.38. The van der Waals surface area contributed by atoms with E-state index in [9.17, 15) is 14.4 Å². The van der Waals surface area contributed by atoms with Gasteiger partial charge in [0.15, 0.2) is 5.78 Å². The minimum Gasteiger partial charge on any atom is -0.426 e. The Morgan fingerprint density at radius 3 is 2.27 bits per heavy atom. The average Bonchev–Trinajstić information content (AvgIpc) is 2.60. The number of ether oxygens (including phenoxy) is 1. The van der Waals surface area contributed by atoms with Crippen LogP contribution in [0, 0.1) is 11.8 Å². The zero-order chi connectivity index (χ0) is 19.0. The zero-order valence-electron chi connectivity index (χ0n) is 14.2. The molecule has 0 bridgehead atoms. The highest BCUT2D eigenvalue weighted by molar-refractivity contribution is 9.10. The maximum absolute atomic E-state index is 13.0. The van der Waals surface area contributed by atoms with Crippen LogP contribution in [0.15, 0.2) is 51.4 Å². The molecule has 1 heterocycles. The molecule has 134 valence electrons. The molecule has 0 N–H and O–H groups in total. The maximum Gasteiger partial charge on any atom is 0.322 e. The van der Waals surface area contributed by atoms with Crippen molar-refractivity contribution in [2.45, 2.75) is 19.8 Å². The molecule has 0 unspecified atom stereocenters. The van der Waals surface area contributed by atoms with Gasteiger partial charge in [0.25, 0.3) is 0 Å². The van der Waals surface area contributed by atoms with Crippen molar-refractivity contribution in [2.24, 2.45) is 11.8 Å². The Balaban J connectivity index is 2.07. The van der Waals surface area contributed by atoms with Crippen LogP contribution in [-0.2, 0) is 9.59 Å². The molecular formula is C20H16Br2O4. The Kier molecular flexibility index (Phi) is 5.44. The van der Waals surface area contributed by atoms with Crippen LogP contribution in [0.3, 0.4) is 0 Å². The molecule has 3 rings (SSSR count). The molecule has 0 fully saturated rings. The van der Waals surface area contributed by atoms with Crippen molar-refractivity contribution in [3.8, 4) is 5.75 Å². The summed E-state index contributed by atoms with van der Waals surface area (Å²) in [6, 6.07) is 12.3. The van der Waals surface area contributed by atoms with Crippen molar-refractivity contribution in [3.05, 3.63) is 62.5 Å². The van der Waals surface area contributed by atoms with Gasteiger partial charge in [0.2, 0.25) is 0 Å². The molecule has 2 aromatic carbocycles. The Morgan fingerprint density at radius 1 is 1.04 bits per heavy atom. The first kappa shape index (κ1) is 19.0. The van der Waals surface area contributed by atoms with Gasteiger partial charge in [0, 0.05) is 31.9 Å². The molecule has 2 aromatic rings. The van der Waals surface area contributed by atoms with Gasteiger partial charge in [0.1, 0.15) is 17.5 Å². The van der Waals surface area contributed by atoms with Gasteiger partial charge in [-0.05, 0) is 37.3 Å². The Hall–Kier alpha value is -1.79. The monoisotopic (exact) mass is 478 g/mol. The van der Waals surface area contributed by atoms with Gasteiger partial charge in [-0.3, -0.25) is 14.4 Å². The quantitative estimate of drug-likeness (QED) is 0.270. The third-order valence-electron chi connectivity index (χ3n) is 4.67. The van der Waals surface area contributed by atoms with Crippen molar-refractivity contribution in [1.82, 2.24) is 0 Å². The number of Topliss-reactive ketones (excluding diaryl/α,β-unsaturated/α-hetero) is 2. The van der Waals surface area contributed by atoms with Crippen LogP contribution in [0.5, 0.6) is 5.75 Å². The highest BCUT2D eigenvalue weighted by Crippen LogP contribution is 2.44. The summed E-state index contributed by atoms with van der Waals surface area (Å²) in [7, 11) is 0. The van der Waals surface area contributed by atoms with E-state index in [0.717, 1.165) is 8.95 Å². The fraction of sp³-hybridized carbons (Fsp3) is 0.250. The standard InChI is InChI=1S/C20H16Br2O4/c1-10(19(24)12-3-5-13(21)6-4-12)17-15-9-14(22)7-8-16(15)26-20(25)18(17)11(2)23/h3-10,17-18H,1-2H3/t10-,17-,18-/m1/s1. The first-order chi connectivity index (χ1) is 12.3. The normalized spacial score (nSPS) is 20.1. The lowest BCUT2D eigenvalue weighted by molar-refractivity contribution is -0.146. The first-order valence-electron chi connectivity index (χ1n) is 8.11. The van der Waals surface area contributed by atoms with Crippen LogP contribution in [0.2, 0.25) is 0 Å². The number of halogens is 2. The number of benzene rings is 2. The topological polar surface area (TPSA) is 60.4 Å². The molecule has 0 amide bonds. The van der Waals surface area contributed by atoms with Crippen molar-refractivity contribution in [3.63, 3.8) is 0 Å². The molecule has 0 aromatic heterocycles. The first-order valence-corrected chi connectivity index (χ1v) is 9.69. The predicted octanol–water partition coefficient (Wildman–Crippen LogP) is 4.94. The lowest BCUT2D eigenvalue weighted by Crippen LogP contribution is -2.40. The van der Waals surface area contributed by atoms with Crippen molar-refractivity contribution < 1.29 is 19.1 Å². The average molecular weight is 480 g/mol. The van der Waals surface area contributed by atoms with Crippen LogP contribution < -0.4 is 4.74 Å². The second kappa shape index (κ2) is 7.45. The van der Waals surface area contributed by atoms with Crippen LogP contribution >= 0.6 is 31.9 Å². The molecule has 1 aliphatic rings. The van der Waals surface area contributed by atoms with E-state index in [2.05, 4.69) is 31.9 Å². The van der Waals surface area contributed by atoms with E-state index in [1.807, 2.05) is 6.07 Å². The number of carbonyl (C=O) groups excluding carboxylic acids is 3. The number of fused-ring (bicyclic) bond motifs is 1. The van der Waals surface area contributed by atoms with E-state index in [1.165, 1.54) is 6.92 Å². The van der Waals surface area contributed by atoms with Crippen LogP contribution in [0.25, 0.3) is 0 Å². The van der Waals surface area contributed by atoms with E-state index in [-0.39, 0.29) is 11.6 Å². The van der Waals surface area contributed by atoms with E-state index in [4.69, 9.17) is 4.74 Å². The van der Waals surface area contributed by atoms with E-state index < -0.39 is 23.7 Å². The van der Waals surface area contributed by atoms with Crippen LogP contribution in [0.4, 0.5) is 0 Å². The predicted molar refractivity (Wildman–Crippen MR) is 104 cm³/mol. The minimum atomic E-state index is -0.994. The summed E-state index contributed by atoms with van der Waals surface area (Å²) < 4.78 is 7.01. The van der Waals surface area contributed by atoms with Gasteiger partial charge in [-0.15, -0.1) is 0 Å². The molecule has 0 spiro atoms. The highest BCUT2D eigenvalue weighted by Gasteiger charge is 2.45. The molecule has 4 nitrogen and oxygen atoms in total. The molecule has 6 heteroatoms. The van der Waals surface area contributed by atoms with Crippen LogP contribution in [0.1, 0.15) is 35.7 Å². The zero-order valence-corrected chi connectivity index (χ0v) is 17.3. The largest absolute Gasteiger partial charge is 0.426 e. The summed E-state index contributed by atoms with van der Waals surface area (Å²) >= 11 is 6.77. The molecule has 0 saturated carbocycles. The minimum absolute atomic E-state index is 0.116. The number of hydrogen-bond donors (Lipinski definition) is 0. The van der Waals surface area contributed by atoms with Gasteiger partial charge >= 0.3 is 5.97 Å². The third-order valence-corrected chi connectivity index (χ3v) is 5.70. The Bertz CT molecular complexity index is 889. The van der Waals surface area contributed by atoms with Crippen molar-refractivity contribution in [1.29, 1.82) is 0 Å². The van der Waals surface area contributed by atoms with Gasteiger partial charge in [-0.1, -0.05) is 50.9 Å². The number of ketones is 2. The molecular weight excluding hydrogens is 464 g/mol. The summed E-state index contributed by atoms with van der Waals surface area (Å²) in [5.74, 6) is -2.76. The van der Waals surface area contributed by atoms with E-state index >= 15 is 0 Å². The molecule has 0 radical (unpaired) electrons. The fourth-order valence-corrected chi connectivity index (χ4v) is 4.03. The molecule has 3 atom stereocenters.